The van der Waals surface area contributed by atoms with Crippen LogP contribution < -0.4 is 196 Å². The van der Waals surface area contributed by atoms with Gasteiger partial charge in [-0.1, -0.05) is 102 Å². The molecule has 0 atom stereocenters. The molecular formula is C72H151Br6KN26O. The number of hydrogen-bond acceptors (Lipinski definition) is 27. The monoisotopic (exact) mass is 1910 g/mol. The van der Waals surface area contributed by atoms with Gasteiger partial charge in [0.15, 0.2) is 0 Å². The first kappa shape index (κ1) is 113. The molecule has 0 heterocycles. The van der Waals surface area contributed by atoms with E-state index >= 15 is 0 Å². The van der Waals surface area contributed by atoms with Crippen LogP contribution in [0.4, 0.5) is 0 Å². The molecule has 0 aromatic heterocycles. The van der Waals surface area contributed by atoms with Gasteiger partial charge in [0, 0.05) is 189 Å². The van der Waals surface area contributed by atoms with Gasteiger partial charge in [0.1, 0.15) is 0 Å². The molecule has 0 unspecified atom stereocenters. The van der Waals surface area contributed by atoms with Crippen LogP contribution in [0, 0.1) is 0 Å². The smallest absolute Gasteiger partial charge is 0.870 e. The van der Waals surface area contributed by atoms with Crippen LogP contribution in [0.25, 0.3) is 0 Å². The van der Waals surface area contributed by atoms with Crippen molar-refractivity contribution in [1.29, 1.82) is 0 Å². The van der Waals surface area contributed by atoms with Crippen LogP contribution in [-0.2, 0) is 110 Å². The fourth-order valence-electron chi connectivity index (χ4n) is 11.8. The molecule has 0 saturated carbocycles. The van der Waals surface area contributed by atoms with E-state index in [1.165, 1.54) is 100 Å². The minimum absolute atomic E-state index is 0. The summed E-state index contributed by atoms with van der Waals surface area (Å²) >= 11 is 21.8. The summed E-state index contributed by atoms with van der Waals surface area (Å²) in [5, 5.41) is 41.5. The molecule has 618 valence electrons. The number of rotatable bonds is 62. The fourth-order valence-corrected chi connectivity index (χ4v) is 15.9. The van der Waals surface area contributed by atoms with Gasteiger partial charge in [0.2, 0.25) is 0 Å². The molecule has 0 spiro atoms. The van der Waals surface area contributed by atoms with Crippen molar-refractivity contribution in [2.24, 2.45) is 91.7 Å². The Morgan fingerprint density at radius 3 is 0.472 bits per heavy atom. The molecule has 106 heavy (non-hydrogen) atoms. The standard InChI is InChI=1S/C30H65N11.C25H55N11.C12H12Br6.C3H10N2.C2H8N2.K.H2O/c31-9-3-1-2-8-25-26(20-37-15-4-10-32)28(22-39-17-6-12-34)30(24-41-19-14-36)29(23-40-18-7-13-35)27(25)21-38-16-5-11-33;26-4-2-1-3-20-21(15-32-10-5-27)23(17-34-12-7-29)25(19-36-14-9-31)24(18-35-13-8-30)22(20)16-33-11-6-28;13-1-7-8(2-14)10(4-16)12(6-18)11(5-17)9(7)3-15;4-2-1-3-5;3-1-2-4;;/h37-41H,1-24,31-36H2;32-36H,1-19,26-31H2;1-6H2;1-5H2;1-4H2;;1H2/q;;;;;+1;/p-1. The summed E-state index contributed by atoms with van der Waals surface area (Å²) in [7, 11) is 0. The fraction of sp³-hybridized carbons (Fsp3) is 0.750. The maximum atomic E-state index is 5.89. The molecule has 0 radical (unpaired) electrons. The van der Waals surface area contributed by atoms with E-state index in [9.17, 15) is 0 Å². The SMILES string of the molecule is BrCc1c(CBr)c(CBr)c(CBr)c(CBr)c1CBr.NCCCCCc1c(CNCCCN)c(CNCCCN)c(CNCCN)c(CNCCCN)c1CNCCCN.NCCCCc1c(CNCCN)c(CNCCN)c(CNCCN)c(CNCCN)c1CNCCN.NCCCN.NCCN.[K+].[OH-]. The number of alkyl halides is 6. The van der Waals surface area contributed by atoms with Crippen LogP contribution in [0.3, 0.4) is 0 Å². The van der Waals surface area contributed by atoms with Crippen molar-refractivity contribution >= 4 is 95.6 Å². The van der Waals surface area contributed by atoms with Crippen LogP contribution in [0.5, 0.6) is 0 Å². The molecule has 0 amide bonds. The van der Waals surface area contributed by atoms with E-state index in [2.05, 4.69) is 149 Å². The Hall–Kier alpha value is 1.10. The Morgan fingerprint density at radius 1 is 0.160 bits per heavy atom. The van der Waals surface area contributed by atoms with E-state index in [0.717, 1.165) is 260 Å². The van der Waals surface area contributed by atoms with Crippen molar-refractivity contribution in [2.45, 2.75) is 174 Å². The second-order valence-corrected chi connectivity index (χ2v) is 28.2. The van der Waals surface area contributed by atoms with Crippen LogP contribution in [-0.4, -0.2) is 176 Å². The first-order valence-electron chi connectivity index (χ1n) is 38.1. The number of nitrogens with two attached hydrogens (primary N) is 16. The first-order chi connectivity index (χ1) is 50.9. The Morgan fingerprint density at radius 2 is 0.321 bits per heavy atom. The van der Waals surface area contributed by atoms with Gasteiger partial charge < -0.3 is 150 Å². The zero-order valence-electron chi connectivity index (χ0n) is 65.1. The van der Waals surface area contributed by atoms with E-state index in [4.69, 9.17) is 91.7 Å². The van der Waals surface area contributed by atoms with E-state index in [1.54, 1.807) is 0 Å². The Labute approximate surface area is 734 Å². The molecule has 34 heteroatoms. The molecule has 0 saturated heterocycles. The topological polar surface area (TPSA) is 567 Å². The van der Waals surface area contributed by atoms with Gasteiger partial charge in [0.05, 0.1) is 0 Å². The zero-order chi connectivity index (χ0) is 77.6. The number of nitrogens with one attached hydrogen (secondary N) is 10. The molecule has 3 aromatic carbocycles. The van der Waals surface area contributed by atoms with E-state index in [-0.39, 0.29) is 56.9 Å². The number of unbranched alkanes of at least 4 members (excludes halogenated alkanes) is 3. The van der Waals surface area contributed by atoms with E-state index in [0.29, 0.717) is 85.1 Å². The van der Waals surface area contributed by atoms with Crippen LogP contribution in [0.2, 0.25) is 0 Å². The average Bonchev–Trinajstić information content (AvgIpc) is 0.788. The van der Waals surface area contributed by atoms with Gasteiger partial charge in [-0.25, -0.2) is 0 Å². The van der Waals surface area contributed by atoms with E-state index < -0.39 is 0 Å². The zero-order valence-corrected chi connectivity index (χ0v) is 77.8. The summed E-state index contributed by atoms with van der Waals surface area (Å²) in [6.07, 6.45) is 12.1. The minimum Gasteiger partial charge on any atom is -0.870 e. The van der Waals surface area contributed by atoms with Crippen molar-refractivity contribution < 1.29 is 56.9 Å². The summed E-state index contributed by atoms with van der Waals surface area (Å²) in [4.78, 5) is 0. The number of benzene rings is 3. The van der Waals surface area contributed by atoms with Gasteiger partial charge in [-0.15, -0.1) is 0 Å². The summed E-state index contributed by atoms with van der Waals surface area (Å²) in [6, 6.07) is 0. The molecule has 0 fully saturated rings. The number of hydrogen-bond donors (Lipinski definition) is 26. The van der Waals surface area contributed by atoms with Crippen molar-refractivity contribution in [2.75, 3.05) is 170 Å². The average molecular weight is 1920 g/mol. The predicted molar refractivity (Wildman–Crippen MR) is 473 cm³/mol. The van der Waals surface area contributed by atoms with Crippen molar-refractivity contribution in [3.8, 4) is 0 Å². The molecule has 3 aromatic rings. The Kier molecular flexibility index (Phi) is 88.4. The quantitative estimate of drug-likeness (QED) is 0.0173. The third-order valence-corrected chi connectivity index (χ3v) is 20.5. The van der Waals surface area contributed by atoms with Crippen LogP contribution in [0.1, 0.15) is 164 Å². The van der Waals surface area contributed by atoms with Gasteiger partial charge in [-0.2, -0.15) is 0 Å². The van der Waals surface area contributed by atoms with Gasteiger partial charge in [-0.05, 0) is 249 Å². The first-order valence-corrected chi connectivity index (χ1v) is 44.8. The second-order valence-electron chi connectivity index (χ2n) is 24.8. The third-order valence-electron chi connectivity index (χ3n) is 17.1. The molecule has 3 rings (SSSR count). The predicted octanol–water partition coefficient (Wildman–Crippen LogP) is -1.55. The van der Waals surface area contributed by atoms with Crippen molar-refractivity contribution in [3.05, 3.63) is 100 Å². The largest absolute Gasteiger partial charge is 1.00 e. The summed E-state index contributed by atoms with van der Waals surface area (Å²) < 4.78 is 0. The van der Waals surface area contributed by atoms with Crippen LogP contribution in [0.15, 0.2) is 0 Å². The van der Waals surface area contributed by atoms with Gasteiger partial charge in [-0.3, -0.25) is 0 Å². The second kappa shape index (κ2) is 82.6. The molecule has 43 N–H and O–H groups in total. The maximum absolute atomic E-state index is 5.89. The van der Waals surface area contributed by atoms with Gasteiger partial charge >= 0.3 is 51.4 Å². The molecule has 0 aliphatic rings. The minimum atomic E-state index is 0. The molecule has 0 bridgehead atoms. The Bertz CT molecular complexity index is 2160. The van der Waals surface area contributed by atoms with E-state index in [1.807, 2.05) is 0 Å². The van der Waals surface area contributed by atoms with Crippen molar-refractivity contribution in [3.63, 3.8) is 0 Å². The summed E-state index contributed by atoms with van der Waals surface area (Å²) in [5.41, 5.74) is 115. The normalized spacial score (nSPS) is 10.9. The summed E-state index contributed by atoms with van der Waals surface area (Å²) in [5.74, 6) is 0. The molecular weight excluding hydrogens is 1760 g/mol. The third kappa shape index (κ3) is 48.6. The maximum Gasteiger partial charge on any atom is 1.00 e. The molecule has 0 aliphatic heterocycles. The number of halogens is 6. The van der Waals surface area contributed by atoms with Gasteiger partial charge in [0.25, 0.3) is 0 Å². The van der Waals surface area contributed by atoms with Crippen LogP contribution >= 0.6 is 95.6 Å². The molecule has 27 nitrogen and oxygen atoms in total. The molecule has 0 aliphatic carbocycles. The Balaban J connectivity index is -0.000000723. The van der Waals surface area contributed by atoms with Crippen molar-refractivity contribution in [1.82, 2.24) is 53.2 Å². The summed E-state index contributed by atoms with van der Waals surface area (Å²) in [6.45, 7) is 26.3.